The standard InChI is InChI=1S/C12H11BrN2O3S.C8H9Cl/c1-18-12(17)11-9(16)5-10(19-11)15-8-3-2-6(13)4-7(8)14;1-2-7-5-3-4-6-8(7)9/h2-5,15-16H,14H2,1H3;3-6H,2H2,1H3. The van der Waals surface area contributed by atoms with Gasteiger partial charge in [-0.2, -0.15) is 0 Å². The van der Waals surface area contributed by atoms with Gasteiger partial charge in [0.05, 0.1) is 23.5 Å². The number of rotatable bonds is 4. The molecule has 0 radical (unpaired) electrons. The van der Waals surface area contributed by atoms with Gasteiger partial charge >= 0.3 is 5.97 Å². The van der Waals surface area contributed by atoms with E-state index in [4.69, 9.17) is 17.3 Å². The summed E-state index contributed by atoms with van der Waals surface area (Å²) in [5, 5.41) is 14.2. The molecule has 8 heteroatoms. The van der Waals surface area contributed by atoms with E-state index in [1.807, 2.05) is 30.3 Å². The molecule has 0 aliphatic carbocycles. The number of anilines is 3. The lowest BCUT2D eigenvalue weighted by Gasteiger charge is -2.07. The number of halogens is 2. The number of benzene rings is 2. The van der Waals surface area contributed by atoms with E-state index in [0.717, 1.165) is 27.3 Å². The molecule has 0 saturated heterocycles. The number of aromatic hydroxyl groups is 1. The molecule has 3 aromatic rings. The Morgan fingerprint density at radius 3 is 2.57 bits per heavy atom. The number of aryl methyl sites for hydroxylation is 1. The lowest BCUT2D eigenvalue weighted by molar-refractivity contribution is 0.0603. The van der Waals surface area contributed by atoms with Crippen LogP contribution in [0.3, 0.4) is 0 Å². The van der Waals surface area contributed by atoms with Crippen molar-refractivity contribution in [1.29, 1.82) is 0 Å². The Balaban J connectivity index is 0.000000261. The first-order valence-electron chi connectivity index (χ1n) is 8.32. The van der Waals surface area contributed by atoms with Crippen molar-refractivity contribution >= 4 is 61.2 Å². The fraction of sp³-hybridized carbons (Fsp3) is 0.150. The second kappa shape index (κ2) is 10.4. The van der Waals surface area contributed by atoms with E-state index in [2.05, 4.69) is 32.9 Å². The number of esters is 1. The van der Waals surface area contributed by atoms with Crippen LogP contribution < -0.4 is 11.1 Å². The van der Waals surface area contributed by atoms with Crippen LogP contribution in [0.1, 0.15) is 22.2 Å². The maximum atomic E-state index is 11.4. The molecule has 0 bridgehead atoms. The molecule has 5 nitrogen and oxygen atoms in total. The molecule has 4 N–H and O–H groups in total. The third-order valence-electron chi connectivity index (χ3n) is 3.69. The number of hydrogen-bond donors (Lipinski definition) is 3. The summed E-state index contributed by atoms with van der Waals surface area (Å²) in [5.74, 6) is -0.686. The van der Waals surface area contributed by atoms with Crippen molar-refractivity contribution in [3.8, 4) is 5.75 Å². The van der Waals surface area contributed by atoms with E-state index in [1.165, 1.54) is 18.7 Å². The highest BCUT2D eigenvalue weighted by molar-refractivity contribution is 9.10. The minimum atomic E-state index is -0.570. The zero-order valence-electron chi connectivity index (χ0n) is 15.3. The van der Waals surface area contributed by atoms with Gasteiger partial charge in [-0.1, -0.05) is 52.7 Å². The van der Waals surface area contributed by atoms with Crippen LogP contribution in [0.2, 0.25) is 5.02 Å². The van der Waals surface area contributed by atoms with E-state index < -0.39 is 5.97 Å². The Bertz CT molecular complexity index is 962. The molecular weight excluding hydrogens is 464 g/mol. The number of thiophene rings is 1. The summed E-state index contributed by atoms with van der Waals surface area (Å²) in [5.41, 5.74) is 8.33. The van der Waals surface area contributed by atoms with Gasteiger partial charge in [0.25, 0.3) is 0 Å². The van der Waals surface area contributed by atoms with E-state index in [-0.39, 0.29) is 10.6 Å². The number of ether oxygens (including phenoxy) is 1. The van der Waals surface area contributed by atoms with Crippen LogP contribution in [0.5, 0.6) is 5.75 Å². The summed E-state index contributed by atoms with van der Waals surface area (Å²) in [7, 11) is 1.27. The molecule has 0 aliphatic rings. The van der Waals surface area contributed by atoms with Gasteiger partial charge in [-0.3, -0.25) is 0 Å². The highest BCUT2D eigenvalue weighted by Crippen LogP contribution is 2.36. The monoisotopic (exact) mass is 482 g/mol. The first-order valence-corrected chi connectivity index (χ1v) is 10.3. The van der Waals surface area contributed by atoms with Crippen LogP contribution in [0.15, 0.2) is 53.0 Å². The maximum Gasteiger partial charge on any atom is 0.351 e. The highest BCUT2D eigenvalue weighted by Gasteiger charge is 2.16. The number of nitrogens with two attached hydrogens (primary N) is 1. The largest absolute Gasteiger partial charge is 0.506 e. The number of carbonyl (C=O) groups excluding carboxylic acids is 1. The molecule has 0 spiro atoms. The van der Waals surface area contributed by atoms with Gasteiger partial charge in [0, 0.05) is 15.6 Å². The number of nitrogen functional groups attached to an aromatic ring is 1. The summed E-state index contributed by atoms with van der Waals surface area (Å²) < 4.78 is 5.45. The van der Waals surface area contributed by atoms with Crippen molar-refractivity contribution in [2.24, 2.45) is 0 Å². The molecule has 0 atom stereocenters. The van der Waals surface area contributed by atoms with Gasteiger partial charge < -0.3 is 20.9 Å². The van der Waals surface area contributed by atoms with Crippen molar-refractivity contribution in [3.05, 3.63) is 68.5 Å². The van der Waals surface area contributed by atoms with Crippen LogP contribution in [-0.4, -0.2) is 18.2 Å². The fourth-order valence-corrected chi connectivity index (χ4v) is 3.78. The van der Waals surface area contributed by atoms with Crippen LogP contribution in [0.25, 0.3) is 0 Å². The van der Waals surface area contributed by atoms with Crippen LogP contribution >= 0.6 is 38.9 Å². The van der Waals surface area contributed by atoms with Crippen molar-refractivity contribution < 1.29 is 14.6 Å². The second-order valence-electron chi connectivity index (χ2n) is 5.62. The smallest absolute Gasteiger partial charge is 0.351 e. The average molecular weight is 484 g/mol. The molecular formula is C20H20BrClN2O3S. The topological polar surface area (TPSA) is 84.6 Å². The summed E-state index contributed by atoms with van der Waals surface area (Å²) in [6.07, 6.45) is 1.01. The Hall–Kier alpha value is -2.22. The first kappa shape index (κ1) is 22.1. The minimum Gasteiger partial charge on any atom is -0.506 e. The van der Waals surface area contributed by atoms with Crippen molar-refractivity contribution in [3.63, 3.8) is 0 Å². The van der Waals surface area contributed by atoms with Crippen molar-refractivity contribution in [2.75, 3.05) is 18.2 Å². The van der Waals surface area contributed by atoms with Gasteiger partial charge in [0.15, 0.2) is 4.88 Å². The second-order valence-corrected chi connectivity index (χ2v) is 7.99. The molecule has 1 aromatic heterocycles. The lowest BCUT2D eigenvalue weighted by Crippen LogP contribution is -1.97. The average Bonchev–Trinajstić information content (AvgIpc) is 3.04. The van der Waals surface area contributed by atoms with Gasteiger partial charge in [0.2, 0.25) is 0 Å². The zero-order valence-corrected chi connectivity index (χ0v) is 18.5. The van der Waals surface area contributed by atoms with Gasteiger partial charge in [-0.05, 0) is 36.2 Å². The van der Waals surface area contributed by atoms with Crippen LogP contribution in [-0.2, 0) is 11.2 Å². The van der Waals surface area contributed by atoms with E-state index in [9.17, 15) is 9.90 Å². The van der Waals surface area contributed by atoms with E-state index >= 15 is 0 Å². The number of carbonyl (C=O) groups is 1. The molecule has 3 rings (SSSR count). The molecule has 2 aromatic carbocycles. The Labute approximate surface area is 181 Å². The summed E-state index contributed by atoms with van der Waals surface area (Å²) >= 11 is 10.2. The summed E-state index contributed by atoms with van der Waals surface area (Å²) in [6, 6.07) is 14.8. The normalized spacial score (nSPS) is 10.0. The Kier molecular flexibility index (Phi) is 8.17. The Morgan fingerprint density at radius 2 is 2.00 bits per heavy atom. The number of methoxy groups -OCH3 is 1. The third-order valence-corrected chi connectivity index (χ3v) is 5.58. The van der Waals surface area contributed by atoms with Gasteiger partial charge in [-0.15, -0.1) is 11.3 Å². The molecule has 0 saturated carbocycles. The summed E-state index contributed by atoms with van der Waals surface area (Å²) in [6.45, 7) is 2.10. The quantitative estimate of drug-likeness (QED) is 0.302. The number of nitrogens with one attached hydrogen (secondary N) is 1. The SMILES string of the molecule is CCc1ccccc1Cl.COC(=O)c1sc(Nc2ccc(Br)cc2N)cc1O. The van der Waals surface area contributed by atoms with E-state index in [1.54, 1.807) is 12.1 Å². The molecule has 0 fully saturated rings. The Morgan fingerprint density at radius 1 is 1.29 bits per heavy atom. The zero-order chi connectivity index (χ0) is 20.7. The predicted molar refractivity (Wildman–Crippen MR) is 120 cm³/mol. The van der Waals surface area contributed by atoms with Crippen molar-refractivity contribution in [2.45, 2.75) is 13.3 Å². The molecule has 0 unspecified atom stereocenters. The molecule has 28 heavy (non-hydrogen) atoms. The fourth-order valence-electron chi connectivity index (χ4n) is 2.25. The van der Waals surface area contributed by atoms with Gasteiger partial charge in [-0.25, -0.2) is 4.79 Å². The van der Waals surface area contributed by atoms with E-state index in [0.29, 0.717) is 16.4 Å². The molecule has 0 amide bonds. The minimum absolute atomic E-state index is 0.116. The van der Waals surface area contributed by atoms with Crippen molar-refractivity contribution in [1.82, 2.24) is 0 Å². The molecule has 1 heterocycles. The first-order chi connectivity index (χ1) is 13.3. The maximum absolute atomic E-state index is 11.4. The molecule has 0 aliphatic heterocycles. The van der Waals surface area contributed by atoms with Gasteiger partial charge in [0.1, 0.15) is 5.75 Å². The van der Waals surface area contributed by atoms with Crippen LogP contribution in [0, 0.1) is 0 Å². The third kappa shape index (κ3) is 5.89. The summed E-state index contributed by atoms with van der Waals surface area (Å²) in [4.78, 5) is 11.5. The highest BCUT2D eigenvalue weighted by atomic mass is 79.9. The predicted octanol–water partition coefficient (Wildman–Crippen LogP) is 6.23. The van der Waals surface area contributed by atoms with Crippen LogP contribution in [0.4, 0.5) is 16.4 Å². The number of hydrogen-bond acceptors (Lipinski definition) is 6. The lowest BCUT2D eigenvalue weighted by atomic mass is 10.2. The molecule has 148 valence electrons.